The molecule has 1 aliphatic heterocycles. The van der Waals surface area contributed by atoms with E-state index in [9.17, 15) is 5.11 Å². The molecule has 0 bridgehead atoms. The van der Waals surface area contributed by atoms with Gasteiger partial charge in [-0.1, -0.05) is 45.6 Å². The molecule has 3 N–H and O–H groups in total. The van der Waals surface area contributed by atoms with Crippen molar-refractivity contribution in [1.29, 1.82) is 0 Å². The van der Waals surface area contributed by atoms with Gasteiger partial charge >= 0.3 is 0 Å². The van der Waals surface area contributed by atoms with E-state index < -0.39 is 6.10 Å². The van der Waals surface area contributed by atoms with Crippen LogP contribution in [0.25, 0.3) is 5.31 Å². The quantitative estimate of drug-likeness (QED) is 0.539. The molecule has 1 aromatic carbocycles. The number of aryl methyl sites for hydroxylation is 1. The van der Waals surface area contributed by atoms with Gasteiger partial charge in [0, 0.05) is 48.9 Å². The summed E-state index contributed by atoms with van der Waals surface area (Å²) in [5, 5.41) is 11.2. The second kappa shape index (κ2) is 8.52. The lowest BCUT2D eigenvalue weighted by atomic mass is 10.1. The fraction of sp³-hybridized carbons (Fsp3) is 0.480. The Hall–Kier alpha value is -1.96. The largest absolute Gasteiger partial charge is 0.385 e. The number of benzene rings is 1. The monoisotopic (exact) mass is 436 g/mol. The van der Waals surface area contributed by atoms with E-state index in [0.717, 1.165) is 46.0 Å². The molecular weight excluding hydrogens is 403 g/mol. The molecule has 5 atom stereocenters. The molecule has 2 aromatic rings. The van der Waals surface area contributed by atoms with Crippen molar-refractivity contribution in [3.05, 3.63) is 59.7 Å². The van der Waals surface area contributed by atoms with Crippen LogP contribution in [0, 0.1) is 23.2 Å². The summed E-state index contributed by atoms with van der Waals surface area (Å²) < 4.78 is 2.02. The first-order valence-electron chi connectivity index (χ1n) is 10.9. The Labute approximate surface area is 187 Å². The van der Waals surface area contributed by atoms with Crippen molar-refractivity contribution in [3.8, 4) is 11.8 Å². The molecule has 6 heteroatoms. The van der Waals surface area contributed by atoms with Crippen molar-refractivity contribution in [3.63, 3.8) is 0 Å². The molecule has 1 aliphatic carbocycles. The molecule has 0 spiro atoms. The van der Waals surface area contributed by atoms with Gasteiger partial charge in [0.1, 0.15) is 11.9 Å². The second-order valence-electron chi connectivity index (χ2n) is 9.22. The predicted octanol–water partition coefficient (Wildman–Crippen LogP) is 3.31. The maximum absolute atomic E-state index is 9.80. The van der Waals surface area contributed by atoms with E-state index in [1.54, 1.807) is 13.1 Å². The number of nitrogens with zero attached hydrogens (tertiary/aromatic N) is 3. The number of nitrogens with two attached hydrogens (primary N) is 1. The molecule has 1 saturated carbocycles. The Morgan fingerprint density at radius 3 is 2.74 bits per heavy atom. The van der Waals surface area contributed by atoms with Gasteiger partial charge < -0.3 is 20.3 Å². The van der Waals surface area contributed by atoms with Gasteiger partial charge in [-0.3, -0.25) is 0 Å². The first-order valence-corrected chi connectivity index (χ1v) is 12.4. The minimum absolute atomic E-state index is 0.136. The Kier molecular flexibility index (Phi) is 6.12. The van der Waals surface area contributed by atoms with Crippen LogP contribution in [0.4, 0.5) is 0 Å². The average Bonchev–Trinajstić information content (AvgIpc) is 3.07. The second-order valence-corrected chi connectivity index (χ2v) is 10.3. The molecule has 1 aromatic heterocycles. The van der Waals surface area contributed by atoms with E-state index in [1.165, 1.54) is 10.9 Å². The van der Waals surface area contributed by atoms with Gasteiger partial charge in [0.25, 0.3) is 0 Å². The SMILES string of the molecule is CP/C(=C\CCn1ccnc1[C@H](C)O)c1ccc(C#CC2C3(C)CN(C)CC23N)cc1. The lowest BCUT2D eigenvalue weighted by molar-refractivity contribution is 0.183. The third kappa shape index (κ3) is 4.11. The number of likely N-dealkylation sites (N-methyl/N-ethyl adjacent to an activating group) is 1. The van der Waals surface area contributed by atoms with Gasteiger partial charge in [-0.25, -0.2) is 4.98 Å². The molecule has 0 amide bonds. The smallest absolute Gasteiger partial charge is 0.137 e. The Bertz CT molecular complexity index is 1010. The molecule has 31 heavy (non-hydrogen) atoms. The molecule has 0 radical (unpaired) electrons. The summed E-state index contributed by atoms with van der Waals surface area (Å²) >= 11 is 0. The number of hydrogen-bond acceptors (Lipinski definition) is 4. The third-order valence-corrected chi connectivity index (χ3v) is 7.96. The molecule has 2 aliphatic rings. The number of fused-ring (bicyclic) bond motifs is 1. The highest BCUT2D eigenvalue weighted by Crippen LogP contribution is 2.63. The first kappa shape index (κ1) is 22.2. The van der Waals surface area contributed by atoms with Gasteiger partial charge in [-0.15, -0.1) is 0 Å². The van der Waals surface area contributed by atoms with Crippen LogP contribution in [0.5, 0.6) is 0 Å². The van der Waals surface area contributed by atoms with Crippen molar-refractivity contribution < 1.29 is 5.11 Å². The molecule has 164 valence electrons. The number of aromatic nitrogens is 2. The molecule has 2 heterocycles. The van der Waals surface area contributed by atoms with Crippen LogP contribution in [0.3, 0.4) is 0 Å². The van der Waals surface area contributed by atoms with Gasteiger partial charge in [-0.05, 0) is 50.1 Å². The number of likely N-dealkylation sites (tertiary alicyclic amines) is 1. The van der Waals surface area contributed by atoms with E-state index in [1.807, 2.05) is 10.8 Å². The molecule has 5 nitrogen and oxygen atoms in total. The van der Waals surface area contributed by atoms with Gasteiger partial charge in [0.05, 0.1) is 5.54 Å². The Morgan fingerprint density at radius 2 is 2.13 bits per heavy atom. The maximum Gasteiger partial charge on any atom is 0.137 e. The number of hydrogen-bond donors (Lipinski definition) is 2. The highest BCUT2D eigenvalue weighted by molar-refractivity contribution is 7.49. The summed E-state index contributed by atoms with van der Waals surface area (Å²) in [6.45, 7) is 9.01. The van der Waals surface area contributed by atoms with Crippen molar-refractivity contribution in [1.82, 2.24) is 14.5 Å². The summed E-state index contributed by atoms with van der Waals surface area (Å²) in [5.41, 5.74) is 8.90. The number of rotatable bonds is 6. The van der Waals surface area contributed by atoms with Crippen LogP contribution >= 0.6 is 8.58 Å². The predicted molar refractivity (Wildman–Crippen MR) is 129 cm³/mol. The molecular formula is C25H33N4OP. The minimum atomic E-state index is -0.548. The van der Waals surface area contributed by atoms with E-state index in [0.29, 0.717) is 0 Å². The summed E-state index contributed by atoms with van der Waals surface area (Å²) in [6.07, 6.45) is 6.32. The zero-order valence-electron chi connectivity index (χ0n) is 18.9. The van der Waals surface area contributed by atoms with Crippen LogP contribution in [0.15, 0.2) is 42.7 Å². The summed E-state index contributed by atoms with van der Waals surface area (Å²) in [5.74, 6) is 7.83. The molecule has 4 unspecified atom stereocenters. The van der Waals surface area contributed by atoms with E-state index in [2.05, 4.69) is 72.7 Å². The fourth-order valence-electron chi connectivity index (χ4n) is 5.13. The first-order chi connectivity index (χ1) is 14.8. The van der Waals surface area contributed by atoms with Crippen LogP contribution in [-0.4, -0.2) is 51.9 Å². The van der Waals surface area contributed by atoms with Gasteiger partial charge in [-0.2, -0.15) is 0 Å². The van der Waals surface area contributed by atoms with Crippen LogP contribution in [0.1, 0.15) is 43.3 Å². The van der Waals surface area contributed by atoms with Crippen molar-refractivity contribution in [2.75, 3.05) is 26.8 Å². The zero-order chi connectivity index (χ0) is 22.2. The van der Waals surface area contributed by atoms with Crippen molar-refractivity contribution >= 4 is 13.9 Å². The highest BCUT2D eigenvalue weighted by Gasteiger charge is 2.75. The van der Waals surface area contributed by atoms with E-state index in [4.69, 9.17) is 5.73 Å². The number of aliphatic hydroxyl groups is 1. The number of allylic oxidation sites excluding steroid dienone is 1. The van der Waals surface area contributed by atoms with Crippen molar-refractivity contribution in [2.24, 2.45) is 17.1 Å². The lowest BCUT2D eigenvalue weighted by Crippen LogP contribution is -2.34. The maximum atomic E-state index is 9.80. The van der Waals surface area contributed by atoms with E-state index in [-0.39, 0.29) is 16.9 Å². The van der Waals surface area contributed by atoms with Gasteiger partial charge in [0.15, 0.2) is 0 Å². The number of imidazole rings is 1. The van der Waals surface area contributed by atoms with Crippen LogP contribution in [-0.2, 0) is 6.54 Å². The van der Waals surface area contributed by atoms with Crippen molar-refractivity contribution in [2.45, 2.75) is 38.5 Å². The summed E-state index contributed by atoms with van der Waals surface area (Å²) in [7, 11) is 2.85. The fourth-order valence-corrected chi connectivity index (χ4v) is 5.93. The van der Waals surface area contributed by atoms with Gasteiger partial charge in [0.2, 0.25) is 0 Å². The summed E-state index contributed by atoms with van der Waals surface area (Å²) in [4.78, 5) is 6.55. The standard InChI is InChI=1S/C25H33N4OP/c1-18(30)23-27-13-15-29(23)14-5-6-21(31-4)20-10-7-19(8-11-20)9-12-22-24(2)16-28(3)17-25(22,24)26/h6-8,10-11,13,15,18,22,30-31H,5,14,16-17,26H2,1-4H3/b21-6-/t18-,22?,24?,25?/m0/s1. The topological polar surface area (TPSA) is 67.3 Å². The Morgan fingerprint density at radius 1 is 1.39 bits per heavy atom. The molecule has 4 rings (SSSR count). The third-order valence-electron chi connectivity index (χ3n) is 6.93. The average molecular weight is 437 g/mol. The van der Waals surface area contributed by atoms with E-state index >= 15 is 0 Å². The highest BCUT2D eigenvalue weighted by atomic mass is 31.1. The normalized spacial score (nSPS) is 29.1. The number of piperidine rings is 1. The zero-order valence-corrected chi connectivity index (χ0v) is 19.9. The molecule has 2 fully saturated rings. The Balaban J connectivity index is 1.39. The van der Waals surface area contributed by atoms with Crippen LogP contribution < -0.4 is 5.73 Å². The number of aliphatic hydroxyl groups excluding tert-OH is 1. The minimum Gasteiger partial charge on any atom is -0.385 e. The van der Waals surface area contributed by atoms with Crippen LogP contribution in [0.2, 0.25) is 0 Å². The summed E-state index contributed by atoms with van der Waals surface area (Å²) in [6, 6.07) is 8.58. The lowest BCUT2D eigenvalue weighted by Gasteiger charge is -2.14. The molecule has 1 saturated heterocycles.